The van der Waals surface area contributed by atoms with Gasteiger partial charge in [0.2, 0.25) is 0 Å². The number of ether oxygens (including phenoxy) is 2. The van der Waals surface area contributed by atoms with Gasteiger partial charge in [0, 0.05) is 0 Å². The number of nitrogens with two attached hydrogens (primary N) is 1. The minimum absolute atomic E-state index is 0.210. The molecule has 0 spiro atoms. The zero-order valence-corrected chi connectivity index (χ0v) is 11.3. The first-order chi connectivity index (χ1) is 7.04. The van der Waals surface area contributed by atoms with E-state index >= 15 is 0 Å². The van der Waals surface area contributed by atoms with Crippen LogP contribution in [0.25, 0.3) is 0 Å². The Morgan fingerprint density at radius 1 is 1.12 bits per heavy atom. The molecule has 0 aliphatic carbocycles. The van der Waals surface area contributed by atoms with Crippen molar-refractivity contribution in [2.24, 2.45) is 11.1 Å². The van der Waals surface area contributed by atoms with Crippen molar-refractivity contribution in [1.82, 2.24) is 0 Å². The molecule has 16 heavy (non-hydrogen) atoms. The first-order valence-electron chi connectivity index (χ1n) is 5.60. The summed E-state index contributed by atoms with van der Waals surface area (Å²) < 4.78 is 10.5. The summed E-state index contributed by atoms with van der Waals surface area (Å²) in [5.41, 5.74) is 5.26. The molecule has 0 aromatic rings. The topological polar surface area (TPSA) is 61.5 Å². The Labute approximate surface area is 98.5 Å². The van der Waals surface area contributed by atoms with Crippen molar-refractivity contribution >= 4 is 5.97 Å². The molecule has 0 aromatic heterocycles. The van der Waals surface area contributed by atoms with Gasteiger partial charge in [0.1, 0.15) is 12.6 Å². The molecule has 0 saturated carbocycles. The smallest absolute Gasteiger partial charge is 0.323 e. The molecule has 0 saturated heterocycles. The third-order valence-electron chi connectivity index (χ3n) is 2.05. The molecule has 0 aliphatic heterocycles. The molecule has 96 valence electrons. The van der Waals surface area contributed by atoms with Crippen LogP contribution in [0, 0.1) is 5.41 Å². The predicted octanol–water partition coefficient (Wildman–Crippen LogP) is 1.72. The lowest BCUT2D eigenvalue weighted by Gasteiger charge is -2.25. The number of esters is 1. The molecule has 1 atom stereocenters. The van der Waals surface area contributed by atoms with Gasteiger partial charge in [0.05, 0.1) is 12.2 Å². The Kier molecular flexibility index (Phi) is 5.42. The lowest BCUT2D eigenvalue weighted by atomic mass is 9.87. The lowest BCUT2D eigenvalue weighted by molar-refractivity contribution is -0.151. The van der Waals surface area contributed by atoms with Gasteiger partial charge in [0.15, 0.2) is 0 Å². The van der Waals surface area contributed by atoms with Crippen molar-refractivity contribution in [2.45, 2.75) is 53.2 Å². The molecule has 0 amide bonds. The standard InChI is InChI=1S/C12H25NO3/c1-11(2,3)9(13)10(14)15-7-8-16-12(4,5)6/h9H,7-8,13H2,1-6H3/t9-/m0/s1. The van der Waals surface area contributed by atoms with Crippen LogP contribution in [-0.4, -0.2) is 30.8 Å². The Balaban J connectivity index is 3.83. The summed E-state index contributed by atoms with van der Waals surface area (Å²) >= 11 is 0. The quantitative estimate of drug-likeness (QED) is 0.591. The van der Waals surface area contributed by atoms with Gasteiger partial charge in [0.25, 0.3) is 0 Å². The maximum atomic E-state index is 11.5. The number of rotatable bonds is 4. The fourth-order valence-electron chi connectivity index (χ4n) is 0.933. The molecule has 4 nitrogen and oxygen atoms in total. The van der Waals surface area contributed by atoms with Gasteiger partial charge in [-0.2, -0.15) is 0 Å². The SMILES string of the molecule is CC(C)(C)OCCOC(=O)[C@H](N)C(C)(C)C. The number of carbonyl (C=O) groups excluding carboxylic acids is 1. The second-order valence-electron chi connectivity index (χ2n) is 5.97. The molecule has 0 bridgehead atoms. The molecule has 0 aliphatic rings. The summed E-state index contributed by atoms with van der Waals surface area (Å²) in [6.45, 7) is 12.2. The third-order valence-corrected chi connectivity index (χ3v) is 2.05. The number of hydrogen-bond acceptors (Lipinski definition) is 4. The van der Waals surface area contributed by atoms with Gasteiger partial charge in [-0.3, -0.25) is 4.79 Å². The van der Waals surface area contributed by atoms with E-state index in [1.165, 1.54) is 0 Å². The van der Waals surface area contributed by atoms with Crippen LogP contribution >= 0.6 is 0 Å². The third kappa shape index (κ3) is 6.80. The summed E-state index contributed by atoms with van der Waals surface area (Å²) in [6, 6.07) is -0.595. The van der Waals surface area contributed by atoms with Crippen LogP contribution in [0.2, 0.25) is 0 Å². The molecule has 0 unspecified atom stereocenters. The maximum absolute atomic E-state index is 11.5. The maximum Gasteiger partial charge on any atom is 0.323 e. The summed E-state index contributed by atoms with van der Waals surface area (Å²) in [4.78, 5) is 11.5. The molecule has 0 aromatic carbocycles. The summed E-state index contributed by atoms with van der Waals surface area (Å²) in [6.07, 6.45) is 0. The van der Waals surface area contributed by atoms with Gasteiger partial charge in [-0.1, -0.05) is 20.8 Å². The molecule has 2 N–H and O–H groups in total. The zero-order valence-electron chi connectivity index (χ0n) is 11.3. The summed E-state index contributed by atoms with van der Waals surface area (Å²) in [7, 11) is 0. The largest absolute Gasteiger partial charge is 0.462 e. The van der Waals surface area contributed by atoms with Gasteiger partial charge in [-0.05, 0) is 26.2 Å². The average Bonchev–Trinajstić information content (AvgIpc) is 2.07. The van der Waals surface area contributed by atoms with Crippen LogP contribution in [0.3, 0.4) is 0 Å². The highest BCUT2D eigenvalue weighted by Crippen LogP contribution is 2.18. The fraction of sp³-hybridized carbons (Fsp3) is 0.917. The summed E-state index contributed by atoms with van der Waals surface area (Å²) in [5.74, 6) is -0.370. The van der Waals surface area contributed by atoms with Crippen molar-refractivity contribution in [1.29, 1.82) is 0 Å². The minimum atomic E-state index is -0.595. The van der Waals surface area contributed by atoms with E-state index in [2.05, 4.69) is 0 Å². The molecular formula is C12H25NO3. The van der Waals surface area contributed by atoms with Crippen molar-refractivity contribution < 1.29 is 14.3 Å². The molecule has 0 radical (unpaired) electrons. The molecular weight excluding hydrogens is 206 g/mol. The van der Waals surface area contributed by atoms with Crippen molar-refractivity contribution in [2.75, 3.05) is 13.2 Å². The van der Waals surface area contributed by atoms with Crippen LogP contribution < -0.4 is 5.73 Å². The number of carbonyl (C=O) groups is 1. The monoisotopic (exact) mass is 231 g/mol. The van der Waals surface area contributed by atoms with Crippen LogP contribution in [0.4, 0.5) is 0 Å². The van der Waals surface area contributed by atoms with Gasteiger partial charge in [-0.25, -0.2) is 0 Å². The highest BCUT2D eigenvalue weighted by atomic mass is 16.6. The van der Waals surface area contributed by atoms with E-state index in [0.717, 1.165) is 0 Å². The Bertz CT molecular complexity index is 225. The van der Waals surface area contributed by atoms with E-state index in [0.29, 0.717) is 6.61 Å². The second-order valence-corrected chi connectivity index (χ2v) is 5.97. The van der Waals surface area contributed by atoms with Gasteiger partial charge in [-0.15, -0.1) is 0 Å². The van der Waals surface area contributed by atoms with E-state index in [-0.39, 0.29) is 23.6 Å². The van der Waals surface area contributed by atoms with E-state index in [1.54, 1.807) is 0 Å². The highest BCUT2D eigenvalue weighted by Gasteiger charge is 2.28. The number of hydrogen-bond donors (Lipinski definition) is 1. The summed E-state index contributed by atoms with van der Waals surface area (Å²) in [5, 5.41) is 0. The molecule has 0 heterocycles. The first kappa shape index (κ1) is 15.4. The van der Waals surface area contributed by atoms with Crippen LogP contribution in [0.15, 0.2) is 0 Å². The van der Waals surface area contributed by atoms with Crippen molar-refractivity contribution in [3.05, 3.63) is 0 Å². The first-order valence-corrected chi connectivity index (χ1v) is 5.60. The van der Waals surface area contributed by atoms with Gasteiger partial charge >= 0.3 is 5.97 Å². The average molecular weight is 231 g/mol. The lowest BCUT2D eigenvalue weighted by Crippen LogP contribution is -2.43. The Hall–Kier alpha value is -0.610. The second kappa shape index (κ2) is 5.64. The molecule has 0 rings (SSSR count). The van der Waals surface area contributed by atoms with E-state index in [9.17, 15) is 4.79 Å². The fourth-order valence-corrected chi connectivity index (χ4v) is 0.933. The Morgan fingerprint density at radius 2 is 1.62 bits per heavy atom. The predicted molar refractivity (Wildman–Crippen MR) is 64.1 cm³/mol. The zero-order chi connectivity index (χ0) is 13.0. The molecule has 4 heteroatoms. The van der Waals surface area contributed by atoms with Crippen LogP contribution in [0.1, 0.15) is 41.5 Å². The van der Waals surface area contributed by atoms with Crippen molar-refractivity contribution in [3.63, 3.8) is 0 Å². The van der Waals surface area contributed by atoms with Gasteiger partial charge < -0.3 is 15.2 Å². The van der Waals surface area contributed by atoms with Crippen molar-refractivity contribution in [3.8, 4) is 0 Å². The van der Waals surface area contributed by atoms with Crippen LogP contribution in [-0.2, 0) is 14.3 Å². The van der Waals surface area contributed by atoms with E-state index in [1.807, 2.05) is 41.5 Å². The van der Waals surface area contributed by atoms with Crippen LogP contribution in [0.5, 0.6) is 0 Å². The highest BCUT2D eigenvalue weighted by molar-refractivity contribution is 5.76. The van der Waals surface area contributed by atoms with E-state index < -0.39 is 6.04 Å². The normalized spacial score (nSPS) is 14.7. The minimum Gasteiger partial charge on any atom is -0.462 e. The Morgan fingerprint density at radius 3 is 2.00 bits per heavy atom. The molecule has 0 fully saturated rings. The van der Waals surface area contributed by atoms with E-state index in [4.69, 9.17) is 15.2 Å².